The van der Waals surface area contributed by atoms with Gasteiger partial charge in [-0.15, -0.1) is 0 Å². The quantitative estimate of drug-likeness (QED) is 0.383. The number of ether oxygens (including phenoxy) is 2. The van der Waals surface area contributed by atoms with Crippen LogP contribution >= 0.6 is 15.9 Å². The average molecular weight is 512 g/mol. The molecule has 1 aliphatic rings. The Hall–Kier alpha value is -3.06. The maximum absolute atomic E-state index is 13.7. The van der Waals surface area contributed by atoms with E-state index < -0.39 is 5.97 Å². The second kappa shape index (κ2) is 9.83. The van der Waals surface area contributed by atoms with Gasteiger partial charge in [0.05, 0.1) is 37.4 Å². The van der Waals surface area contributed by atoms with Crippen LogP contribution in [0.3, 0.4) is 0 Å². The van der Waals surface area contributed by atoms with Crippen molar-refractivity contribution in [1.82, 2.24) is 0 Å². The minimum Gasteiger partial charge on any atom is -0.493 e. The number of fused-ring (bicyclic) bond motifs is 2. The first kappa shape index (κ1) is 23.1. The predicted octanol–water partition coefficient (Wildman–Crippen LogP) is 5.97. The van der Waals surface area contributed by atoms with Gasteiger partial charge in [0.2, 0.25) is 0 Å². The number of aliphatic carboxylic acids is 1. The number of hydrogen-bond donors (Lipinski definition) is 1. The standard InChI is InChI=1S/C26H26BrNO5/c1-3-11-32-24-17-7-5-6-8-18(17)25(33-12-4-2)23-19(24)15-28(26(23)31)21-10-9-16(13-20(21)27)14-22(29)30/h5-10,13H,3-4,11-12,14-15H2,1-2H3,(H,29,30). The van der Waals surface area contributed by atoms with Crippen molar-refractivity contribution in [3.05, 3.63) is 63.6 Å². The molecule has 0 fully saturated rings. The Labute approximate surface area is 201 Å². The van der Waals surface area contributed by atoms with E-state index >= 15 is 0 Å². The van der Waals surface area contributed by atoms with E-state index in [1.165, 1.54) is 0 Å². The molecule has 6 nitrogen and oxygen atoms in total. The summed E-state index contributed by atoms with van der Waals surface area (Å²) in [5, 5.41) is 10.9. The van der Waals surface area contributed by atoms with Gasteiger partial charge in [0, 0.05) is 20.8 Å². The summed E-state index contributed by atoms with van der Waals surface area (Å²) in [4.78, 5) is 26.5. The van der Waals surface area contributed by atoms with Crippen LogP contribution in [0.1, 0.15) is 48.2 Å². The first-order valence-corrected chi connectivity index (χ1v) is 11.9. The molecule has 0 atom stereocenters. The lowest BCUT2D eigenvalue weighted by Gasteiger charge is -2.18. The summed E-state index contributed by atoms with van der Waals surface area (Å²) in [6.07, 6.45) is 1.60. The molecular formula is C26H26BrNO5. The molecule has 0 bridgehead atoms. The highest BCUT2D eigenvalue weighted by molar-refractivity contribution is 9.10. The smallest absolute Gasteiger partial charge is 0.307 e. The largest absolute Gasteiger partial charge is 0.493 e. The van der Waals surface area contributed by atoms with Crippen molar-refractivity contribution in [3.8, 4) is 11.5 Å². The van der Waals surface area contributed by atoms with Crippen LogP contribution in [0.15, 0.2) is 46.9 Å². The minimum atomic E-state index is -0.901. The number of anilines is 1. The highest BCUT2D eigenvalue weighted by Crippen LogP contribution is 2.47. The van der Waals surface area contributed by atoms with Gasteiger partial charge in [-0.05, 0) is 46.5 Å². The second-order valence-corrected chi connectivity index (χ2v) is 8.86. The Morgan fingerprint density at radius 2 is 1.67 bits per heavy atom. The van der Waals surface area contributed by atoms with Crippen LogP contribution in [0.5, 0.6) is 11.5 Å². The van der Waals surface area contributed by atoms with Crippen molar-refractivity contribution in [2.75, 3.05) is 18.1 Å². The monoisotopic (exact) mass is 511 g/mol. The molecule has 1 heterocycles. The topological polar surface area (TPSA) is 76.1 Å². The minimum absolute atomic E-state index is 0.0809. The fraction of sp³-hybridized carbons (Fsp3) is 0.308. The molecule has 1 amide bonds. The predicted molar refractivity (Wildman–Crippen MR) is 132 cm³/mol. The first-order valence-electron chi connectivity index (χ1n) is 11.1. The summed E-state index contributed by atoms with van der Waals surface area (Å²) in [5.41, 5.74) is 2.69. The zero-order valence-corrected chi connectivity index (χ0v) is 20.3. The number of carbonyl (C=O) groups excluding carboxylic acids is 1. The van der Waals surface area contributed by atoms with Gasteiger partial charge in [0.1, 0.15) is 11.5 Å². The summed E-state index contributed by atoms with van der Waals surface area (Å²) < 4.78 is 13.0. The Kier molecular flexibility index (Phi) is 6.88. The molecule has 0 saturated heterocycles. The third kappa shape index (κ3) is 4.42. The van der Waals surface area contributed by atoms with Gasteiger partial charge >= 0.3 is 5.97 Å². The lowest BCUT2D eigenvalue weighted by Crippen LogP contribution is -2.23. The zero-order valence-electron chi connectivity index (χ0n) is 18.7. The maximum atomic E-state index is 13.7. The van der Waals surface area contributed by atoms with Gasteiger partial charge in [-0.1, -0.05) is 44.2 Å². The summed E-state index contributed by atoms with van der Waals surface area (Å²) in [5.74, 6) is 0.259. The van der Waals surface area contributed by atoms with Crippen molar-refractivity contribution < 1.29 is 24.2 Å². The third-order valence-corrected chi connectivity index (χ3v) is 6.19. The summed E-state index contributed by atoms with van der Waals surface area (Å²) in [6.45, 7) is 5.48. The number of rotatable bonds is 9. The van der Waals surface area contributed by atoms with Crippen molar-refractivity contribution >= 4 is 44.3 Å². The molecule has 0 aliphatic carbocycles. The van der Waals surface area contributed by atoms with Crippen LogP contribution in [-0.2, 0) is 17.8 Å². The number of carboxylic acid groups (broad SMARTS) is 1. The number of carboxylic acids is 1. The lowest BCUT2D eigenvalue weighted by atomic mass is 9.99. The Balaban J connectivity index is 1.85. The normalized spacial score (nSPS) is 12.8. The zero-order chi connectivity index (χ0) is 23.5. The van der Waals surface area contributed by atoms with Crippen LogP contribution in [0, 0.1) is 0 Å². The van der Waals surface area contributed by atoms with Gasteiger partial charge in [0.25, 0.3) is 5.91 Å². The van der Waals surface area contributed by atoms with E-state index in [1.807, 2.05) is 38.1 Å². The Morgan fingerprint density at radius 1 is 1.03 bits per heavy atom. The van der Waals surface area contributed by atoms with E-state index in [4.69, 9.17) is 14.6 Å². The summed E-state index contributed by atoms with van der Waals surface area (Å²) >= 11 is 3.53. The molecule has 3 aromatic carbocycles. The Morgan fingerprint density at radius 3 is 2.27 bits per heavy atom. The highest BCUT2D eigenvalue weighted by atomic mass is 79.9. The highest BCUT2D eigenvalue weighted by Gasteiger charge is 2.37. The van der Waals surface area contributed by atoms with Crippen LogP contribution in [0.4, 0.5) is 5.69 Å². The van der Waals surface area contributed by atoms with Gasteiger partial charge in [0.15, 0.2) is 0 Å². The molecule has 3 aromatic rings. The lowest BCUT2D eigenvalue weighted by molar-refractivity contribution is -0.136. The van der Waals surface area contributed by atoms with Crippen LogP contribution in [0.25, 0.3) is 10.8 Å². The molecule has 1 aliphatic heterocycles. The van der Waals surface area contributed by atoms with Gasteiger partial charge < -0.3 is 19.5 Å². The fourth-order valence-corrected chi connectivity index (χ4v) is 4.78. The summed E-state index contributed by atoms with van der Waals surface area (Å²) in [7, 11) is 0. The van der Waals surface area contributed by atoms with Crippen molar-refractivity contribution in [2.45, 2.75) is 39.7 Å². The van der Waals surface area contributed by atoms with Crippen molar-refractivity contribution in [3.63, 3.8) is 0 Å². The van der Waals surface area contributed by atoms with E-state index in [2.05, 4.69) is 15.9 Å². The molecule has 33 heavy (non-hydrogen) atoms. The number of benzene rings is 3. The first-order chi connectivity index (χ1) is 16.0. The molecule has 0 saturated carbocycles. The van der Waals surface area contributed by atoms with E-state index in [0.29, 0.717) is 46.8 Å². The molecule has 172 valence electrons. The van der Waals surface area contributed by atoms with E-state index in [9.17, 15) is 9.59 Å². The molecule has 0 unspecified atom stereocenters. The van der Waals surface area contributed by atoms with Crippen LogP contribution in [0.2, 0.25) is 0 Å². The van der Waals surface area contributed by atoms with E-state index in [-0.39, 0.29) is 12.3 Å². The number of hydrogen-bond acceptors (Lipinski definition) is 4. The number of halogens is 1. The van der Waals surface area contributed by atoms with Gasteiger partial charge in [-0.2, -0.15) is 0 Å². The number of carbonyl (C=O) groups is 2. The Bertz CT molecular complexity index is 1220. The van der Waals surface area contributed by atoms with Crippen molar-refractivity contribution in [1.29, 1.82) is 0 Å². The van der Waals surface area contributed by atoms with E-state index in [1.54, 1.807) is 23.1 Å². The molecule has 0 spiro atoms. The maximum Gasteiger partial charge on any atom is 0.307 e. The number of amides is 1. The molecule has 4 rings (SSSR count). The van der Waals surface area contributed by atoms with Crippen LogP contribution in [-0.4, -0.2) is 30.2 Å². The molecule has 0 radical (unpaired) electrons. The molecule has 0 aromatic heterocycles. The van der Waals surface area contributed by atoms with Crippen molar-refractivity contribution in [2.24, 2.45) is 0 Å². The SMILES string of the molecule is CCCOc1c2c(c(OCCC)c3ccccc13)C(=O)N(c1ccc(CC(=O)O)cc1Br)C2. The molecule has 1 N–H and O–H groups in total. The third-order valence-electron chi connectivity index (χ3n) is 5.55. The van der Waals surface area contributed by atoms with Gasteiger partial charge in [-0.3, -0.25) is 9.59 Å². The van der Waals surface area contributed by atoms with E-state index in [0.717, 1.165) is 34.9 Å². The molecule has 7 heteroatoms. The fourth-order valence-electron chi connectivity index (χ4n) is 4.14. The van der Waals surface area contributed by atoms with Crippen LogP contribution < -0.4 is 14.4 Å². The average Bonchev–Trinajstić information content (AvgIpc) is 3.12. The summed E-state index contributed by atoms with van der Waals surface area (Å²) in [6, 6.07) is 13.1. The van der Waals surface area contributed by atoms with Gasteiger partial charge in [-0.25, -0.2) is 0 Å². The second-order valence-electron chi connectivity index (χ2n) is 8.00. The number of nitrogens with zero attached hydrogens (tertiary/aromatic N) is 1. The molecular weight excluding hydrogens is 486 g/mol.